The number of carbonyl (C=O) groups is 1. The van der Waals surface area contributed by atoms with Gasteiger partial charge in [0.05, 0.1) is 5.56 Å². The molecule has 0 bridgehead atoms. The maximum absolute atomic E-state index is 13.6. The molecule has 30 heavy (non-hydrogen) atoms. The summed E-state index contributed by atoms with van der Waals surface area (Å²) >= 11 is 0. The fourth-order valence-corrected chi connectivity index (χ4v) is 4.98. The summed E-state index contributed by atoms with van der Waals surface area (Å²) < 4.78 is 40.2. The van der Waals surface area contributed by atoms with Gasteiger partial charge in [-0.25, -0.2) is 4.98 Å². The maximum Gasteiger partial charge on any atom is 0.416 e. The van der Waals surface area contributed by atoms with Crippen molar-refractivity contribution in [3.63, 3.8) is 0 Å². The summed E-state index contributed by atoms with van der Waals surface area (Å²) in [6, 6.07) is 9.32. The number of halogens is 3. The second-order valence-corrected chi connectivity index (χ2v) is 8.54. The number of fused-ring (bicyclic) bond motifs is 1. The van der Waals surface area contributed by atoms with Gasteiger partial charge in [0, 0.05) is 25.0 Å². The van der Waals surface area contributed by atoms with Crippen molar-refractivity contribution < 1.29 is 18.0 Å². The first-order chi connectivity index (χ1) is 14.1. The Bertz CT molecular complexity index is 959. The molecule has 0 spiro atoms. The van der Waals surface area contributed by atoms with Gasteiger partial charge in [-0.15, -0.1) is 0 Å². The highest BCUT2D eigenvalue weighted by Gasteiger charge is 2.49. The number of anilines is 2. The van der Waals surface area contributed by atoms with Crippen molar-refractivity contribution in [2.75, 3.05) is 23.4 Å². The minimum absolute atomic E-state index is 0.0909. The average molecular weight is 417 g/mol. The molecule has 7 heteroatoms. The highest BCUT2D eigenvalue weighted by atomic mass is 19.4. The number of pyridine rings is 1. The zero-order valence-corrected chi connectivity index (χ0v) is 17.4. The zero-order chi connectivity index (χ0) is 21.6. The Hall–Kier alpha value is -2.57. The van der Waals surface area contributed by atoms with Crippen LogP contribution in [0.3, 0.4) is 0 Å². The normalized spacial score (nSPS) is 23.5. The number of carbonyl (C=O) groups excluding carboxylic acids is 1. The first-order valence-corrected chi connectivity index (χ1v) is 10.3. The van der Waals surface area contributed by atoms with Crippen LogP contribution in [0.25, 0.3) is 0 Å². The molecule has 0 N–H and O–H groups in total. The van der Waals surface area contributed by atoms with E-state index in [1.807, 2.05) is 36.1 Å². The molecule has 1 aromatic carbocycles. The Kier molecular flexibility index (Phi) is 5.24. The number of amides is 1. The van der Waals surface area contributed by atoms with Crippen LogP contribution in [-0.4, -0.2) is 30.5 Å². The molecule has 1 aromatic heterocycles. The molecule has 0 unspecified atom stereocenters. The summed E-state index contributed by atoms with van der Waals surface area (Å²) in [7, 11) is 1.74. The van der Waals surface area contributed by atoms with Gasteiger partial charge in [-0.1, -0.05) is 18.6 Å². The lowest BCUT2D eigenvalue weighted by molar-refractivity contribution is -0.137. The lowest BCUT2D eigenvalue weighted by Gasteiger charge is -2.32. The SMILES string of the molecule is Cc1cccc(N(C)C(=O)[C@@H]2[C@H]3CCC[C@H]3CN2c2cc(C(F)(F)F)cc(C)n2)c1. The van der Waals surface area contributed by atoms with Gasteiger partial charge in [-0.2, -0.15) is 13.2 Å². The van der Waals surface area contributed by atoms with E-state index < -0.39 is 17.8 Å². The number of alkyl halides is 3. The van der Waals surface area contributed by atoms with Crippen molar-refractivity contribution in [1.82, 2.24) is 4.98 Å². The minimum Gasteiger partial charge on any atom is -0.344 e. The first-order valence-electron chi connectivity index (χ1n) is 10.3. The molecular weight excluding hydrogens is 391 g/mol. The van der Waals surface area contributed by atoms with E-state index in [4.69, 9.17) is 0 Å². The third-order valence-corrected chi connectivity index (χ3v) is 6.42. The Morgan fingerprint density at radius 3 is 2.63 bits per heavy atom. The standard InChI is InChI=1S/C23H26F3N3O/c1-14-6-4-8-18(10-14)28(3)22(30)21-19-9-5-7-16(19)13-29(21)20-12-17(23(24,25)26)11-15(2)27-20/h4,6,8,10-12,16,19,21H,5,7,9,13H2,1-3H3/t16-,19-,21-/m0/s1. The quantitative estimate of drug-likeness (QED) is 0.706. The van der Waals surface area contributed by atoms with Gasteiger partial charge in [0.1, 0.15) is 11.9 Å². The highest BCUT2D eigenvalue weighted by Crippen LogP contribution is 2.45. The van der Waals surface area contributed by atoms with Crippen LogP contribution in [-0.2, 0) is 11.0 Å². The number of aryl methyl sites for hydroxylation is 2. The molecule has 1 saturated carbocycles. The van der Waals surface area contributed by atoms with E-state index in [2.05, 4.69) is 4.98 Å². The highest BCUT2D eigenvalue weighted by molar-refractivity contribution is 5.99. The second kappa shape index (κ2) is 7.60. The molecule has 2 heterocycles. The van der Waals surface area contributed by atoms with E-state index in [9.17, 15) is 18.0 Å². The van der Waals surface area contributed by atoms with Crippen LogP contribution in [0.5, 0.6) is 0 Å². The van der Waals surface area contributed by atoms with Crippen molar-refractivity contribution in [2.24, 2.45) is 11.8 Å². The minimum atomic E-state index is -4.45. The molecule has 1 saturated heterocycles. The van der Waals surface area contributed by atoms with Gasteiger partial charge in [0.15, 0.2) is 0 Å². The second-order valence-electron chi connectivity index (χ2n) is 8.54. The Balaban J connectivity index is 1.71. The van der Waals surface area contributed by atoms with Gasteiger partial charge in [0.2, 0.25) is 5.91 Å². The molecule has 2 aliphatic rings. The van der Waals surface area contributed by atoms with E-state index in [-0.39, 0.29) is 17.6 Å². The van der Waals surface area contributed by atoms with Crippen molar-refractivity contribution >= 4 is 17.4 Å². The fourth-order valence-electron chi connectivity index (χ4n) is 4.98. The van der Waals surface area contributed by atoms with Crippen molar-refractivity contribution in [1.29, 1.82) is 0 Å². The number of hydrogen-bond acceptors (Lipinski definition) is 3. The molecule has 2 fully saturated rings. The molecule has 1 aliphatic heterocycles. The smallest absolute Gasteiger partial charge is 0.344 e. The van der Waals surface area contributed by atoms with Gasteiger partial charge >= 0.3 is 6.18 Å². The number of likely N-dealkylation sites (N-methyl/N-ethyl adjacent to an activating group) is 1. The molecule has 2 aromatic rings. The van der Waals surface area contributed by atoms with E-state index in [0.29, 0.717) is 18.2 Å². The summed E-state index contributed by atoms with van der Waals surface area (Å²) in [6.07, 6.45) is -1.49. The van der Waals surface area contributed by atoms with Crippen LogP contribution in [0.2, 0.25) is 0 Å². The summed E-state index contributed by atoms with van der Waals surface area (Å²) in [5, 5.41) is 0. The molecule has 1 aliphatic carbocycles. The van der Waals surface area contributed by atoms with Gasteiger partial charge in [0.25, 0.3) is 0 Å². The van der Waals surface area contributed by atoms with Crippen molar-refractivity contribution in [3.05, 3.63) is 53.2 Å². The van der Waals surface area contributed by atoms with Crippen LogP contribution >= 0.6 is 0 Å². The van der Waals surface area contributed by atoms with E-state index in [1.54, 1.807) is 18.9 Å². The molecule has 160 valence electrons. The molecule has 0 radical (unpaired) electrons. The number of aromatic nitrogens is 1. The number of nitrogens with zero attached hydrogens (tertiary/aromatic N) is 3. The molecule has 4 rings (SSSR count). The Labute approximate surface area is 174 Å². The summed E-state index contributed by atoms with van der Waals surface area (Å²) in [5.41, 5.74) is 1.41. The number of benzene rings is 1. The van der Waals surface area contributed by atoms with Gasteiger partial charge < -0.3 is 9.80 Å². The van der Waals surface area contributed by atoms with Crippen molar-refractivity contribution in [3.8, 4) is 0 Å². The van der Waals surface area contributed by atoms with Crippen molar-refractivity contribution in [2.45, 2.75) is 45.3 Å². The summed E-state index contributed by atoms with van der Waals surface area (Å²) in [5.74, 6) is 0.600. The predicted molar refractivity (Wildman–Crippen MR) is 111 cm³/mol. The first kappa shape index (κ1) is 20.7. The van der Waals surface area contributed by atoms with Crippen LogP contribution < -0.4 is 9.80 Å². The Morgan fingerprint density at radius 2 is 1.93 bits per heavy atom. The Morgan fingerprint density at radius 1 is 1.17 bits per heavy atom. The molecule has 3 atom stereocenters. The maximum atomic E-state index is 13.6. The summed E-state index contributed by atoms with van der Waals surface area (Å²) in [6.45, 7) is 4.09. The number of rotatable bonds is 3. The van der Waals surface area contributed by atoms with E-state index in [0.717, 1.165) is 42.6 Å². The number of hydrogen-bond donors (Lipinski definition) is 0. The van der Waals surface area contributed by atoms with Crippen LogP contribution in [0.4, 0.5) is 24.7 Å². The predicted octanol–water partition coefficient (Wildman–Crippen LogP) is 4.99. The van der Waals surface area contributed by atoms with Crippen LogP contribution in [0.1, 0.15) is 36.1 Å². The largest absolute Gasteiger partial charge is 0.416 e. The fraction of sp³-hybridized carbons (Fsp3) is 0.478. The van der Waals surface area contributed by atoms with Crippen LogP contribution in [0.15, 0.2) is 36.4 Å². The molecular formula is C23H26F3N3O. The monoisotopic (exact) mass is 417 g/mol. The van der Waals surface area contributed by atoms with Gasteiger partial charge in [-0.05, 0) is 68.4 Å². The third-order valence-electron chi connectivity index (χ3n) is 6.42. The van der Waals surface area contributed by atoms with Crippen LogP contribution in [0, 0.1) is 25.7 Å². The third kappa shape index (κ3) is 3.77. The molecule has 1 amide bonds. The summed E-state index contributed by atoms with van der Waals surface area (Å²) in [4.78, 5) is 21.4. The average Bonchev–Trinajstić information content (AvgIpc) is 3.26. The zero-order valence-electron chi connectivity index (χ0n) is 17.4. The molecule has 4 nitrogen and oxygen atoms in total. The lowest BCUT2D eigenvalue weighted by Crippen LogP contribution is -2.47. The lowest BCUT2D eigenvalue weighted by atomic mass is 9.93. The van der Waals surface area contributed by atoms with E-state index >= 15 is 0 Å². The topological polar surface area (TPSA) is 36.4 Å². The van der Waals surface area contributed by atoms with Gasteiger partial charge in [-0.3, -0.25) is 4.79 Å². The van der Waals surface area contributed by atoms with E-state index in [1.165, 1.54) is 0 Å².